The highest BCUT2D eigenvalue weighted by Crippen LogP contribution is 2.20. The van der Waals surface area contributed by atoms with Crippen molar-refractivity contribution >= 4 is 0 Å². The highest BCUT2D eigenvalue weighted by atomic mass is 16.4. The predicted octanol–water partition coefficient (Wildman–Crippen LogP) is 0.729. The van der Waals surface area contributed by atoms with Crippen LogP contribution in [0.25, 0.3) is 0 Å². The molecule has 0 amide bonds. The average molecular weight is 211 g/mol. The molecule has 0 saturated carbocycles. The highest BCUT2D eigenvalue weighted by Gasteiger charge is 2.24. The Morgan fingerprint density at radius 3 is 2.80 bits per heavy atom. The smallest absolute Gasteiger partial charge is 0.129 e. The van der Waals surface area contributed by atoms with Crippen molar-refractivity contribution in [1.29, 1.82) is 0 Å². The first-order valence-corrected chi connectivity index (χ1v) is 5.37. The third-order valence-corrected chi connectivity index (χ3v) is 2.94. The van der Waals surface area contributed by atoms with Gasteiger partial charge in [-0.1, -0.05) is 0 Å². The summed E-state index contributed by atoms with van der Waals surface area (Å²) in [5.41, 5.74) is 0. The molecule has 2 rings (SSSR count). The fourth-order valence-electron chi connectivity index (χ4n) is 2.10. The monoisotopic (exact) mass is 211 g/mol. The number of aliphatic hydroxyl groups is 2. The van der Waals surface area contributed by atoms with E-state index in [-0.39, 0.29) is 19.3 Å². The first kappa shape index (κ1) is 10.7. The summed E-state index contributed by atoms with van der Waals surface area (Å²) in [5.74, 6) is 1.46. The molecule has 84 valence electrons. The van der Waals surface area contributed by atoms with Crippen molar-refractivity contribution in [2.45, 2.75) is 32.0 Å². The van der Waals surface area contributed by atoms with Crippen molar-refractivity contribution in [3.8, 4) is 0 Å². The molecule has 1 aliphatic heterocycles. The maximum Gasteiger partial charge on any atom is 0.129 e. The Balaban J connectivity index is 1.95. The van der Waals surface area contributed by atoms with Crippen LogP contribution >= 0.6 is 0 Å². The zero-order chi connectivity index (χ0) is 10.7. The van der Waals surface area contributed by atoms with Crippen LogP contribution in [-0.2, 0) is 13.2 Å². The van der Waals surface area contributed by atoms with Gasteiger partial charge < -0.3 is 14.6 Å². The van der Waals surface area contributed by atoms with Gasteiger partial charge in [-0.25, -0.2) is 0 Å². The van der Waals surface area contributed by atoms with Crippen molar-refractivity contribution in [2.24, 2.45) is 0 Å². The number of nitrogens with zero attached hydrogens (tertiary/aromatic N) is 1. The Bertz CT molecular complexity index is 311. The number of likely N-dealkylation sites (tertiary alicyclic amines) is 1. The van der Waals surface area contributed by atoms with E-state index in [1.165, 1.54) is 0 Å². The lowest BCUT2D eigenvalue weighted by Gasteiger charge is -2.21. The molecule has 0 aromatic carbocycles. The molecule has 4 heteroatoms. The van der Waals surface area contributed by atoms with Crippen LogP contribution in [0.3, 0.4) is 0 Å². The van der Waals surface area contributed by atoms with Gasteiger partial charge in [0.05, 0.1) is 13.2 Å². The van der Waals surface area contributed by atoms with Gasteiger partial charge in [0.1, 0.15) is 18.1 Å². The molecule has 1 aromatic heterocycles. The molecule has 1 atom stereocenters. The summed E-state index contributed by atoms with van der Waals surface area (Å²) in [5, 5.41) is 18.0. The van der Waals surface area contributed by atoms with Crippen LogP contribution in [0.1, 0.15) is 24.4 Å². The lowest BCUT2D eigenvalue weighted by atomic mass is 10.2. The van der Waals surface area contributed by atoms with Crippen LogP contribution in [0.15, 0.2) is 16.5 Å². The lowest BCUT2D eigenvalue weighted by molar-refractivity contribution is 0.144. The summed E-state index contributed by atoms with van der Waals surface area (Å²) in [6, 6.07) is 3.95. The molecule has 1 saturated heterocycles. The van der Waals surface area contributed by atoms with Crippen LogP contribution in [0, 0.1) is 0 Å². The fraction of sp³-hybridized carbons (Fsp3) is 0.636. The normalized spacial score (nSPS) is 22.4. The molecule has 4 nitrogen and oxygen atoms in total. The molecular formula is C11H17NO3. The Hall–Kier alpha value is -0.840. The summed E-state index contributed by atoms with van der Waals surface area (Å²) in [7, 11) is 0. The maximum absolute atomic E-state index is 9.15. The summed E-state index contributed by atoms with van der Waals surface area (Å²) < 4.78 is 5.41. The standard InChI is InChI=1S/C11H17NO3/c13-7-9-2-1-5-12(9)6-10-3-4-11(8-14)15-10/h3-4,9,13-14H,1-2,5-8H2/t9-/m1/s1. The summed E-state index contributed by atoms with van der Waals surface area (Å²) in [6.07, 6.45) is 2.20. The van der Waals surface area contributed by atoms with Crippen LogP contribution < -0.4 is 0 Å². The van der Waals surface area contributed by atoms with Crippen LogP contribution in [0.5, 0.6) is 0 Å². The van der Waals surface area contributed by atoms with Gasteiger partial charge in [-0.05, 0) is 31.5 Å². The molecule has 0 aliphatic carbocycles. The Kier molecular flexibility index (Phi) is 3.41. The molecule has 1 aromatic rings. The minimum Gasteiger partial charge on any atom is -0.462 e. The Labute approximate surface area is 89.1 Å². The quantitative estimate of drug-likeness (QED) is 0.771. The van der Waals surface area contributed by atoms with Crippen molar-refractivity contribution in [3.05, 3.63) is 23.7 Å². The summed E-state index contributed by atoms with van der Waals surface area (Å²) in [4.78, 5) is 2.22. The second-order valence-corrected chi connectivity index (χ2v) is 3.98. The molecule has 0 unspecified atom stereocenters. The number of hydrogen-bond donors (Lipinski definition) is 2. The number of rotatable bonds is 4. The molecule has 0 bridgehead atoms. The second kappa shape index (κ2) is 4.79. The van der Waals surface area contributed by atoms with E-state index >= 15 is 0 Å². The third kappa shape index (κ3) is 2.40. The maximum atomic E-state index is 9.15. The second-order valence-electron chi connectivity index (χ2n) is 3.98. The van der Waals surface area contributed by atoms with Gasteiger partial charge in [-0.15, -0.1) is 0 Å². The minimum atomic E-state index is -0.0522. The van der Waals surface area contributed by atoms with E-state index in [1.54, 1.807) is 6.07 Å². The van der Waals surface area contributed by atoms with E-state index in [1.807, 2.05) is 6.07 Å². The van der Waals surface area contributed by atoms with E-state index in [4.69, 9.17) is 14.6 Å². The number of hydrogen-bond acceptors (Lipinski definition) is 4. The topological polar surface area (TPSA) is 56.8 Å². The average Bonchev–Trinajstić information content (AvgIpc) is 2.87. The van der Waals surface area contributed by atoms with E-state index in [0.717, 1.165) is 31.7 Å². The van der Waals surface area contributed by atoms with Crippen molar-refractivity contribution in [1.82, 2.24) is 4.90 Å². The molecule has 0 spiro atoms. The zero-order valence-electron chi connectivity index (χ0n) is 8.72. The van der Waals surface area contributed by atoms with Gasteiger partial charge >= 0.3 is 0 Å². The van der Waals surface area contributed by atoms with E-state index in [9.17, 15) is 0 Å². The van der Waals surface area contributed by atoms with Gasteiger partial charge in [0.25, 0.3) is 0 Å². The van der Waals surface area contributed by atoms with Gasteiger partial charge in [0.2, 0.25) is 0 Å². The van der Waals surface area contributed by atoms with Gasteiger partial charge in [-0.3, -0.25) is 4.90 Å². The molecule has 2 N–H and O–H groups in total. The van der Waals surface area contributed by atoms with Crippen LogP contribution in [-0.4, -0.2) is 34.3 Å². The number of aliphatic hydroxyl groups excluding tert-OH is 2. The lowest BCUT2D eigenvalue weighted by Crippen LogP contribution is -2.31. The molecule has 2 heterocycles. The van der Waals surface area contributed by atoms with E-state index in [2.05, 4.69) is 4.90 Å². The highest BCUT2D eigenvalue weighted by molar-refractivity contribution is 5.06. The largest absolute Gasteiger partial charge is 0.462 e. The number of furan rings is 1. The van der Waals surface area contributed by atoms with Crippen LogP contribution in [0.4, 0.5) is 0 Å². The molecular weight excluding hydrogens is 194 g/mol. The molecule has 1 aliphatic rings. The van der Waals surface area contributed by atoms with Crippen molar-refractivity contribution < 1.29 is 14.6 Å². The van der Waals surface area contributed by atoms with Gasteiger partial charge in [0, 0.05) is 6.04 Å². The first-order chi connectivity index (χ1) is 7.33. The fourth-order valence-corrected chi connectivity index (χ4v) is 2.10. The Morgan fingerprint density at radius 1 is 1.33 bits per heavy atom. The van der Waals surface area contributed by atoms with E-state index in [0.29, 0.717) is 5.76 Å². The summed E-state index contributed by atoms with van der Waals surface area (Å²) >= 11 is 0. The van der Waals surface area contributed by atoms with Gasteiger partial charge in [-0.2, -0.15) is 0 Å². The van der Waals surface area contributed by atoms with Gasteiger partial charge in [0.15, 0.2) is 0 Å². The minimum absolute atomic E-state index is 0.0522. The summed E-state index contributed by atoms with van der Waals surface area (Å²) in [6.45, 7) is 1.91. The molecule has 0 radical (unpaired) electrons. The van der Waals surface area contributed by atoms with Crippen molar-refractivity contribution in [3.63, 3.8) is 0 Å². The molecule has 15 heavy (non-hydrogen) atoms. The first-order valence-electron chi connectivity index (χ1n) is 5.37. The van der Waals surface area contributed by atoms with Crippen LogP contribution in [0.2, 0.25) is 0 Å². The SMILES string of the molecule is OCc1ccc(CN2CCC[C@@H]2CO)o1. The molecule has 1 fully saturated rings. The van der Waals surface area contributed by atoms with E-state index < -0.39 is 0 Å². The Morgan fingerprint density at radius 2 is 2.13 bits per heavy atom. The zero-order valence-corrected chi connectivity index (χ0v) is 8.72. The van der Waals surface area contributed by atoms with Crippen molar-refractivity contribution in [2.75, 3.05) is 13.2 Å². The third-order valence-electron chi connectivity index (χ3n) is 2.94. The predicted molar refractivity (Wildman–Crippen MR) is 55.1 cm³/mol.